The number of hydrogen-bond acceptors (Lipinski definition) is 11. The maximum absolute atomic E-state index is 14.6. The van der Waals surface area contributed by atoms with Crippen LogP contribution in [0.15, 0.2) is 41.8 Å². The molecule has 2 aliphatic heterocycles. The highest BCUT2D eigenvalue weighted by atomic mass is 35.5. The zero-order chi connectivity index (χ0) is 40.0. The van der Waals surface area contributed by atoms with Crippen LogP contribution < -0.4 is 20.1 Å². The van der Waals surface area contributed by atoms with Crippen LogP contribution in [0.1, 0.15) is 78.6 Å². The standard InChI is InChI=1S/C38H44Cl2N6O8S2/c1-37(2,3)54-36(50)43-26-11-8-6-4-5-7-10-21-19-38(21,35(49)45-56(51,52)23-13-14-23)44-32(47)29-16-22(20-46(29)34(26)48)53-33-31(30-12-9-15-55-30)41-27-17-24(39)25(40)18-28(27)42-33/h7,9-10,12,15,17-18,21-23,26,29H,4-6,8,11,13-14,16,19-20H2,1-3H3,(H,43,50)(H,44,47)(H,45,49)/b10-7-/t21?,22-,26+,29+,38-/m1/s1. The van der Waals surface area contributed by atoms with E-state index in [1.165, 1.54) is 16.2 Å². The first-order valence-corrected chi connectivity index (χ1v) is 21.9. The molecular weight excluding hydrogens is 803 g/mol. The number of fused-ring (bicyclic) bond motifs is 3. The van der Waals surface area contributed by atoms with Gasteiger partial charge in [0.1, 0.15) is 35.0 Å². The van der Waals surface area contributed by atoms with E-state index >= 15 is 0 Å². The van der Waals surface area contributed by atoms with Crippen molar-refractivity contribution in [3.8, 4) is 16.5 Å². The van der Waals surface area contributed by atoms with Gasteiger partial charge in [0.2, 0.25) is 27.7 Å². The van der Waals surface area contributed by atoms with E-state index in [-0.39, 0.29) is 36.7 Å². The first-order chi connectivity index (χ1) is 26.5. The Bertz CT molecular complexity index is 2180. The molecule has 3 N–H and O–H groups in total. The van der Waals surface area contributed by atoms with Crippen LogP contribution in [0.3, 0.4) is 0 Å². The van der Waals surface area contributed by atoms with E-state index in [1.54, 1.807) is 32.9 Å². The van der Waals surface area contributed by atoms with Crippen LogP contribution in [0.25, 0.3) is 21.6 Å². The number of carbonyl (C=O) groups is 4. The van der Waals surface area contributed by atoms with E-state index in [9.17, 15) is 27.6 Å². The summed E-state index contributed by atoms with van der Waals surface area (Å²) in [5.74, 6) is -2.30. The Hall–Kier alpha value is -3.99. The van der Waals surface area contributed by atoms with E-state index in [1.807, 2.05) is 29.7 Å². The summed E-state index contributed by atoms with van der Waals surface area (Å²) in [6, 6.07) is 4.71. The van der Waals surface area contributed by atoms with Gasteiger partial charge in [0, 0.05) is 12.3 Å². The fourth-order valence-corrected chi connectivity index (χ4v) is 9.53. The number of hydrogen-bond donors (Lipinski definition) is 3. The quantitative estimate of drug-likeness (QED) is 0.242. The van der Waals surface area contributed by atoms with E-state index in [0.717, 1.165) is 17.7 Å². The van der Waals surface area contributed by atoms with Crippen molar-refractivity contribution in [3.63, 3.8) is 0 Å². The maximum atomic E-state index is 14.6. The summed E-state index contributed by atoms with van der Waals surface area (Å²) in [6.07, 6.45) is 6.40. The summed E-state index contributed by atoms with van der Waals surface area (Å²) in [5.41, 5.74) is -1.03. The summed E-state index contributed by atoms with van der Waals surface area (Å²) >= 11 is 14.1. The molecule has 1 unspecified atom stereocenters. The number of halogens is 2. The number of nitrogens with zero attached hydrogens (tertiary/aromatic N) is 3. The van der Waals surface area contributed by atoms with Crippen molar-refractivity contribution in [1.29, 1.82) is 0 Å². The molecule has 18 heteroatoms. The Morgan fingerprint density at radius 2 is 1.79 bits per heavy atom. The lowest BCUT2D eigenvalue weighted by Crippen LogP contribution is -2.58. The molecule has 5 atom stereocenters. The van der Waals surface area contributed by atoms with Gasteiger partial charge in [-0.1, -0.05) is 54.3 Å². The lowest BCUT2D eigenvalue weighted by molar-refractivity contribution is -0.141. The van der Waals surface area contributed by atoms with E-state index < -0.39 is 74.3 Å². The molecule has 56 heavy (non-hydrogen) atoms. The normalized spacial score (nSPS) is 26.6. The van der Waals surface area contributed by atoms with E-state index in [4.69, 9.17) is 42.6 Å². The number of rotatable bonds is 7. The molecule has 2 aliphatic carbocycles. The first-order valence-electron chi connectivity index (χ1n) is 18.7. The smallest absolute Gasteiger partial charge is 0.408 e. The number of sulfonamides is 1. The van der Waals surface area contributed by atoms with Gasteiger partial charge in [-0.15, -0.1) is 11.3 Å². The Morgan fingerprint density at radius 1 is 1.05 bits per heavy atom. The molecule has 2 saturated carbocycles. The molecule has 7 rings (SSSR count). The van der Waals surface area contributed by atoms with Crippen molar-refractivity contribution in [2.24, 2.45) is 5.92 Å². The number of aromatic nitrogens is 2. The van der Waals surface area contributed by atoms with Gasteiger partial charge in [0.15, 0.2) is 0 Å². The van der Waals surface area contributed by atoms with Crippen LogP contribution in [0, 0.1) is 5.92 Å². The van der Waals surface area contributed by atoms with Crippen molar-refractivity contribution < 1.29 is 37.1 Å². The van der Waals surface area contributed by atoms with E-state index in [0.29, 0.717) is 47.4 Å². The number of thiophene rings is 1. The molecular formula is C38H44Cl2N6O8S2. The van der Waals surface area contributed by atoms with Crippen LogP contribution >= 0.6 is 34.5 Å². The predicted octanol–water partition coefficient (Wildman–Crippen LogP) is 5.91. The minimum absolute atomic E-state index is 0.0136. The monoisotopic (exact) mass is 846 g/mol. The van der Waals surface area contributed by atoms with Gasteiger partial charge in [-0.25, -0.2) is 23.2 Å². The molecule has 0 radical (unpaired) electrons. The van der Waals surface area contributed by atoms with Crippen molar-refractivity contribution in [1.82, 2.24) is 30.2 Å². The van der Waals surface area contributed by atoms with Gasteiger partial charge >= 0.3 is 6.09 Å². The molecule has 3 fully saturated rings. The highest BCUT2D eigenvalue weighted by molar-refractivity contribution is 7.91. The molecule has 4 heterocycles. The molecule has 4 amide bonds. The SMILES string of the molecule is CC(C)(C)OC(=O)N[C@H]1CCCCC/C=C\C2C[C@@]2(C(=O)NS(=O)(=O)C2CC2)NC(=O)[C@@H]2C[C@@H](Oc3nc4cc(Cl)c(Cl)cc4nc3-c3cccs3)CN2C1=O. The van der Waals surface area contributed by atoms with Crippen molar-refractivity contribution in [2.75, 3.05) is 6.54 Å². The van der Waals surface area contributed by atoms with Crippen molar-refractivity contribution in [2.45, 2.75) is 113 Å². The lowest BCUT2D eigenvalue weighted by atomic mass is 10.0. The van der Waals surface area contributed by atoms with Crippen LogP contribution in [-0.2, 0) is 29.1 Å². The lowest BCUT2D eigenvalue weighted by Gasteiger charge is -2.30. The number of alkyl carbamates (subject to hydrolysis) is 1. The highest BCUT2D eigenvalue weighted by Gasteiger charge is 2.62. The molecule has 4 aliphatic rings. The van der Waals surface area contributed by atoms with Crippen molar-refractivity contribution in [3.05, 3.63) is 51.8 Å². The third kappa shape index (κ3) is 8.93. The molecule has 14 nitrogen and oxygen atoms in total. The topological polar surface area (TPSA) is 186 Å². The number of amides is 4. The first kappa shape index (κ1) is 40.2. The second-order valence-corrected chi connectivity index (χ2v) is 19.5. The summed E-state index contributed by atoms with van der Waals surface area (Å²) in [5, 5.41) is 7.43. The third-order valence-electron chi connectivity index (χ3n) is 10.2. The number of ether oxygens (including phenoxy) is 2. The highest BCUT2D eigenvalue weighted by Crippen LogP contribution is 2.46. The minimum Gasteiger partial charge on any atom is -0.471 e. The van der Waals surface area contributed by atoms with Gasteiger partial charge < -0.3 is 25.0 Å². The average molecular weight is 848 g/mol. The molecule has 1 aromatic carbocycles. The number of allylic oxidation sites excluding steroid dienone is 1. The van der Waals surface area contributed by atoms with Crippen LogP contribution in [-0.4, -0.2) is 88.2 Å². The zero-order valence-electron chi connectivity index (χ0n) is 31.2. The van der Waals surface area contributed by atoms with Gasteiger partial charge in [-0.05, 0) is 82.9 Å². The number of nitrogens with one attached hydrogen (secondary N) is 3. The zero-order valence-corrected chi connectivity index (χ0v) is 34.3. The molecule has 1 saturated heterocycles. The second kappa shape index (κ2) is 15.7. The second-order valence-electron chi connectivity index (χ2n) is 15.8. The molecule has 2 aromatic heterocycles. The van der Waals surface area contributed by atoms with Crippen molar-refractivity contribution >= 4 is 79.4 Å². The number of carbonyl (C=O) groups excluding carboxylic acids is 4. The molecule has 3 aromatic rings. The van der Waals surface area contributed by atoms with Crippen LogP contribution in [0.4, 0.5) is 4.79 Å². The summed E-state index contributed by atoms with van der Waals surface area (Å²) in [6.45, 7) is 5.08. The molecule has 0 spiro atoms. The van der Waals surface area contributed by atoms with Gasteiger partial charge in [0.25, 0.3) is 5.91 Å². The maximum Gasteiger partial charge on any atom is 0.408 e. The summed E-state index contributed by atoms with van der Waals surface area (Å²) in [7, 11) is -3.91. The van der Waals surface area contributed by atoms with Gasteiger partial charge in [-0.3, -0.25) is 19.1 Å². The molecule has 300 valence electrons. The Balaban J connectivity index is 1.23. The fraction of sp³-hybridized carbons (Fsp3) is 0.526. The Kier molecular flexibility index (Phi) is 11.3. The van der Waals surface area contributed by atoms with E-state index in [2.05, 4.69) is 15.4 Å². The number of benzene rings is 1. The fourth-order valence-electron chi connectivity index (χ4n) is 7.15. The summed E-state index contributed by atoms with van der Waals surface area (Å²) < 4.78 is 40.0. The van der Waals surface area contributed by atoms with Gasteiger partial charge in [0.05, 0.1) is 37.8 Å². The third-order valence-corrected chi connectivity index (χ3v) is 13.7. The molecule has 0 bridgehead atoms. The van der Waals surface area contributed by atoms with Gasteiger partial charge in [-0.2, -0.15) is 0 Å². The van der Waals surface area contributed by atoms with Crippen LogP contribution in [0.2, 0.25) is 10.0 Å². The largest absolute Gasteiger partial charge is 0.471 e. The Morgan fingerprint density at radius 3 is 2.46 bits per heavy atom. The predicted molar refractivity (Wildman–Crippen MR) is 212 cm³/mol. The minimum atomic E-state index is -3.91. The Labute approximate surface area is 339 Å². The average Bonchev–Trinajstić information content (AvgIpc) is 3.98. The summed E-state index contributed by atoms with van der Waals surface area (Å²) in [4.78, 5) is 67.5. The van der Waals surface area contributed by atoms with Crippen LogP contribution in [0.5, 0.6) is 5.88 Å².